The second-order valence-corrected chi connectivity index (χ2v) is 5.23. The fourth-order valence-electron chi connectivity index (χ4n) is 2.01. The number of aryl methyl sites for hydroxylation is 1. The van der Waals surface area contributed by atoms with Gasteiger partial charge in [0.1, 0.15) is 11.5 Å². The van der Waals surface area contributed by atoms with Gasteiger partial charge in [0.25, 0.3) is 0 Å². The van der Waals surface area contributed by atoms with Gasteiger partial charge < -0.3 is 9.15 Å². The zero-order valence-electron chi connectivity index (χ0n) is 11.3. The van der Waals surface area contributed by atoms with Crippen molar-refractivity contribution >= 4 is 22.3 Å². The number of thiazole rings is 1. The van der Waals surface area contributed by atoms with Gasteiger partial charge in [-0.05, 0) is 26.0 Å². The van der Waals surface area contributed by atoms with Gasteiger partial charge in [0.15, 0.2) is 10.7 Å². The Labute approximate surface area is 119 Å². The summed E-state index contributed by atoms with van der Waals surface area (Å²) in [5.41, 5.74) is 1.65. The van der Waals surface area contributed by atoms with E-state index in [1.54, 1.807) is 6.92 Å². The molecule has 0 aliphatic heterocycles. The van der Waals surface area contributed by atoms with Crippen LogP contribution < -0.4 is 0 Å². The third-order valence-corrected chi connectivity index (χ3v) is 3.80. The molecular weight excluding hydrogens is 276 g/mol. The predicted molar refractivity (Wildman–Crippen MR) is 75.8 cm³/mol. The van der Waals surface area contributed by atoms with E-state index < -0.39 is 0 Å². The van der Waals surface area contributed by atoms with Crippen LogP contribution in [0, 0.1) is 6.92 Å². The zero-order valence-corrected chi connectivity index (χ0v) is 12.1. The summed E-state index contributed by atoms with van der Waals surface area (Å²) in [4.78, 5) is 16.9. The average molecular weight is 290 g/mol. The van der Waals surface area contributed by atoms with Crippen LogP contribution in [0.4, 0.5) is 0 Å². The number of ether oxygens (including phenoxy) is 1. The number of fused-ring (bicyclic) bond motifs is 1. The zero-order chi connectivity index (χ0) is 14.1. The van der Waals surface area contributed by atoms with Gasteiger partial charge in [0.05, 0.1) is 13.0 Å². The maximum atomic E-state index is 11.6. The van der Waals surface area contributed by atoms with Crippen molar-refractivity contribution in [2.45, 2.75) is 20.3 Å². The van der Waals surface area contributed by atoms with Crippen molar-refractivity contribution in [3.05, 3.63) is 35.2 Å². The highest BCUT2D eigenvalue weighted by Gasteiger charge is 2.14. The molecule has 0 unspecified atom stereocenters. The lowest BCUT2D eigenvalue weighted by Crippen LogP contribution is -2.08. The van der Waals surface area contributed by atoms with E-state index in [1.165, 1.54) is 11.3 Å². The second kappa shape index (κ2) is 5.13. The first-order valence-electron chi connectivity index (χ1n) is 6.35. The van der Waals surface area contributed by atoms with Gasteiger partial charge in [-0.15, -0.1) is 11.3 Å². The summed E-state index contributed by atoms with van der Waals surface area (Å²) in [7, 11) is 0. The maximum absolute atomic E-state index is 11.6. The lowest BCUT2D eigenvalue weighted by molar-refractivity contribution is -0.142. The molecule has 0 atom stereocenters. The molecule has 0 radical (unpaired) electrons. The molecule has 3 rings (SSSR count). The Hall–Kier alpha value is -2.08. The first kappa shape index (κ1) is 12.9. The molecule has 0 aliphatic carbocycles. The molecule has 3 heterocycles. The maximum Gasteiger partial charge on any atom is 0.311 e. The summed E-state index contributed by atoms with van der Waals surface area (Å²) in [6, 6.07) is 3.80. The normalized spacial score (nSPS) is 11.1. The fraction of sp³-hybridized carbons (Fsp3) is 0.286. The van der Waals surface area contributed by atoms with Crippen molar-refractivity contribution in [3.63, 3.8) is 0 Å². The predicted octanol–water partition coefficient (Wildman–Crippen LogP) is 3.07. The number of carbonyl (C=O) groups excluding carboxylic acids is 1. The minimum absolute atomic E-state index is 0.226. The molecule has 0 bridgehead atoms. The van der Waals surface area contributed by atoms with Crippen LogP contribution in [0.3, 0.4) is 0 Å². The molecule has 0 aromatic carbocycles. The van der Waals surface area contributed by atoms with Crippen LogP contribution in [-0.2, 0) is 16.0 Å². The van der Waals surface area contributed by atoms with Crippen LogP contribution in [0.5, 0.6) is 0 Å². The molecule has 0 saturated heterocycles. The molecule has 5 nitrogen and oxygen atoms in total. The van der Waals surface area contributed by atoms with Crippen LogP contribution in [0.2, 0.25) is 0 Å². The quantitative estimate of drug-likeness (QED) is 0.693. The van der Waals surface area contributed by atoms with E-state index in [0.717, 1.165) is 27.9 Å². The Morgan fingerprint density at radius 1 is 1.50 bits per heavy atom. The molecule has 0 spiro atoms. The molecule has 0 N–H and O–H groups in total. The molecule has 3 aromatic rings. The van der Waals surface area contributed by atoms with Gasteiger partial charge >= 0.3 is 5.97 Å². The first-order valence-corrected chi connectivity index (χ1v) is 7.23. The summed E-state index contributed by atoms with van der Waals surface area (Å²) in [5.74, 6) is 1.36. The van der Waals surface area contributed by atoms with Gasteiger partial charge in [0.2, 0.25) is 0 Å². The van der Waals surface area contributed by atoms with Crippen LogP contribution in [0.1, 0.15) is 18.4 Å². The lowest BCUT2D eigenvalue weighted by Gasteiger charge is -2.00. The number of rotatable bonds is 4. The van der Waals surface area contributed by atoms with E-state index >= 15 is 0 Å². The van der Waals surface area contributed by atoms with Crippen molar-refractivity contribution < 1.29 is 13.9 Å². The number of aromatic nitrogens is 2. The topological polar surface area (TPSA) is 56.7 Å². The minimum atomic E-state index is -0.226. The van der Waals surface area contributed by atoms with Crippen molar-refractivity contribution in [3.8, 4) is 11.5 Å². The third kappa shape index (κ3) is 2.34. The molecular formula is C14H14N2O3S. The summed E-state index contributed by atoms with van der Waals surface area (Å²) in [6.07, 6.45) is 2.14. The number of esters is 1. The van der Waals surface area contributed by atoms with Crippen molar-refractivity contribution in [1.82, 2.24) is 9.38 Å². The second-order valence-electron chi connectivity index (χ2n) is 4.40. The molecule has 20 heavy (non-hydrogen) atoms. The third-order valence-electron chi connectivity index (χ3n) is 2.91. The minimum Gasteiger partial charge on any atom is -0.466 e. The Morgan fingerprint density at radius 2 is 2.35 bits per heavy atom. The first-order chi connectivity index (χ1) is 9.67. The molecule has 6 heteroatoms. The molecule has 0 aliphatic rings. The fourth-order valence-corrected chi connectivity index (χ4v) is 2.88. The molecule has 104 valence electrons. The van der Waals surface area contributed by atoms with Crippen molar-refractivity contribution in [2.75, 3.05) is 6.61 Å². The Bertz CT molecular complexity index is 753. The van der Waals surface area contributed by atoms with Crippen molar-refractivity contribution in [2.24, 2.45) is 0 Å². The number of hydrogen-bond acceptors (Lipinski definition) is 5. The molecule has 3 aromatic heterocycles. The summed E-state index contributed by atoms with van der Waals surface area (Å²) >= 11 is 1.50. The standard InChI is InChI=1S/C14H14N2O3S/c1-3-18-13(17)6-10-8-20-14-15-11(7-16(10)14)12-5-4-9(2)19-12/h4-5,7-8H,3,6H2,1-2H3. The average Bonchev–Trinajstić information content (AvgIpc) is 3.06. The Kier molecular flexibility index (Phi) is 3.31. The summed E-state index contributed by atoms with van der Waals surface area (Å²) in [5, 5.41) is 1.93. The van der Waals surface area contributed by atoms with Crippen LogP contribution in [-0.4, -0.2) is 22.0 Å². The van der Waals surface area contributed by atoms with Crippen LogP contribution >= 0.6 is 11.3 Å². The van der Waals surface area contributed by atoms with E-state index in [9.17, 15) is 4.79 Å². The highest BCUT2D eigenvalue weighted by atomic mass is 32.1. The van der Waals surface area contributed by atoms with E-state index in [0.29, 0.717) is 6.61 Å². The van der Waals surface area contributed by atoms with Gasteiger partial charge in [0, 0.05) is 17.3 Å². The van der Waals surface area contributed by atoms with Crippen molar-refractivity contribution in [1.29, 1.82) is 0 Å². The smallest absolute Gasteiger partial charge is 0.311 e. The number of hydrogen-bond donors (Lipinski definition) is 0. The SMILES string of the molecule is CCOC(=O)Cc1csc2nc(-c3ccc(C)o3)cn12. The molecule has 0 fully saturated rings. The van der Waals surface area contributed by atoms with Crippen LogP contribution in [0.15, 0.2) is 28.1 Å². The molecule has 0 saturated carbocycles. The van der Waals surface area contributed by atoms with Gasteiger partial charge in [-0.1, -0.05) is 0 Å². The van der Waals surface area contributed by atoms with E-state index in [4.69, 9.17) is 9.15 Å². The summed E-state index contributed by atoms with van der Waals surface area (Å²) < 4.78 is 12.4. The number of nitrogens with zero attached hydrogens (tertiary/aromatic N) is 2. The monoisotopic (exact) mass is 290 g/mol. The number of furan rings is 1. The van der Waals surface area contributed by atoms with Crippen LogP contribution in [0.25, 0.3) is 16.4 Å². The van der Waals surface area contributed by atoms with E-state index in [2.05, 4.69) is 4.98 Å². The number of carbonyl (C=O) groups is 1. The van der Waals surface area contributed by atoms with Gasteiger partial charge in [-0.2, -0.15) is 0 Å². The molecule has 0 amide bonds. The number of imidazole rings is 1. The largest absolute Gasteiger partial charge is 0.466 e. The summed E-state index contributed by atoms with van der Waals surface area (Å²) in [6.45, 7) is 4.09. The lowest BCUT2D eigenvalue weighted by atomic mass is 10.3. The Balaban J connectivity index is 1.92. The highest BCUT2D eigenvalue weighted by molar-refractivity contribution is 7.15. The van der Waals surface area contributed by atoms with Gasteiger partial charge in [-0.3, -0.25) is 9.20 Å². The van der Waals surface area contributed by atoms with Gasteiger partial charge in [-0.25, -0.2) is 4.98 Å². The highest BCUT2D eigenvalue weighted by Crippen LogP contribution is 2.25. The Morgan fingerprint density at radius 3 is 3.05 bits per heavy atom. The van der Waals surface area contributed by atoms with E-state index in [1.807, 2.05) is 35.0 Å². The van der Waals surface area contributed by atoms with E-state index in [-0.39, 0.29) is 12.4 Å².